The summed E-state index contributed by atoms with van der Waals surface area (Å²) in [6, 6.07) is 12.1. The van der Waals surface area contributed by atoms with E-state index in [1.54, 1.807) is 48.7 Å². The van der Waals surface area contributed by atoms with Crippen molar-refractivity contribution in [2.45, 2.75) is 6.42 Å². The molecule has 6 nitrogen and oxygen atoms in total. The van der Waals surface area contributed by atoms with E-state index in [9.17, 15) is 9.59 Å². The lowest BCUT2D eigenvalue weighted by molar-refractivity contribution is -0.113. The van der Waals surface area contributed by atoms with Crippen molar-refractivity contribution < 1.29 is 9.59 Å². The van der Waals surface area contributed by atoms with Gasteiger partial charge in [-0.2, -0.15) is 0 Å². The Morgan fingerprint density at radius 3 is 2.79 bits per heavy atom. The number of hydrogen-bond acceptors (Lipinski definition) is 4. The van der Waals surface area contributed by atoms with Crippen LogP contribution in [-0.4, -0.2) is 43.9 Å². The maximum atomic E-state index is 13.0. The summed E-state index contributed by atoms with van der Waals surface area (Å²) in [4.78, 5) is 29.3. The van der Waals surface area contributed by atoms with Gasteiger partial charge in [-0.3, -0.25) is 14.5 Å². The quantitative estimate of drug-likeness (QED) is 0.576. The Morgan fingerprint density at radius 1 is 1.21 bits per heavy atom. The van der Waals surface area contributed by atoms with Gasteiger partial charge in [0.15, 0.2) is 0 Å². The largest absolute Gasteiger partial charge is 0.391 e. The summed E-state index contributed by atoms with van der Waals surface area (Å²) in [6.45, 7) is 1.74. The molecule has 2 aromatic carbocycles. The lowest BCUT2D eigenvalue weighted by Gasteiger charge is -2.22. The van der Waals surface area contributed by atoms with Crippen LogP contribution in [0.1, 0.15) is 16.8 Å². The van der Waals surface area contributed by atoms with Gasteiger partial charge >= 0.3 is 0 Å². The predicted molar refractivity (Wildman–Crippen MR) is 113 cm³/mol. The van der Waals surface area contributed by atoms with Crippen molar-refractivity contribution in [3.05, 3.63) is 65.3 Å². The normalized spacial score (nSPS) is 13.1. The molecule has 0 bridgehead atoms. The van der Waals surface area contributed by atoms with Gasteiger partial charge in [0.1, 0.15) is 0 Å². The van der Waals surface area contributed by atoms with Crippen molar-refractivity contribution in [3.8, 4) is 0 Å². The van der Waals surface area contributed by atoms with Crippen molar-refractivity contribution in [3.63, 3.8) is 0 Å². The van der Waals surface area contributed by atoms with Crippen LogP contribution in [-0.2, 0) is 4.79 Å². The molecule has 0 spiro atoms. The maximum absolute atomic E-state index is 13.0. The number of rotatable bonds is 6. The van der Waals surface area contributed by atoms with Gasteiger partial charge < -0.3 is 15.5 Å². The molecule has 0 fully saturated rings. The molecule has 0 unspecified atom stereocenters. The highest BCUT2D eigenvalue weighted by atomic mass is 35.5. The Bertz CT molecular complexity index is 911. The minimum absolute atomic E-state index is 0.257. The van der Waals surface area contributed by atoms with Gasteiger partial charge in [0.2, 0.25) is 0 Å². The van der Waals surface area contributed by atoms with Gasteiger partial charge in [0, 0.05) is 23.8 Å². The van der Waals surface area contributed by atoms with Crippen LogP contribution in [0.2, 0.25) is 5.02 Å². The molecule has 2 aromatic rings. The van der Waals surface area contributed by atoms with Crippen LogP contribution in [0.3, 0.4) is 0 Å². The molecule has 0 aromatic heterocycles. The molecule has 7 heteroatoms. The Labute approximate surface area is 169 Å². The van der Waals surface area contributed by atoms with Crippen LogP contribution < -0.4 is 15.5 Å². The number of nitrogens with one attached hydrogen (secondary N) is 2. The highest BCUT2D eigenvalue weighted by Crippen LogP contribution is 2.39. The standard InChI is InChI=1S/C21H23ClN4O2/c1-25(2)13-5-11-23-12-10-20(27)26-18-7-4-3-6-16(18)21(28)24-17-14-15(22)8-9-19(17)26/h3-4,6-10,12,14,23H,5,11,13H2,1-2H3,(H,24,28)/b12-10+. The van der Waals surface area contributed by atoms with Crippen molar-refractivity contribution in [2.24, 2.45) is 0 Å². The Balaban J connectivity index is 1.87. The summed E-state index contributed by atoms with van der Waals surface area (Å²) in [5, 5.41) is 6.45. The zero-order valence-corrected chi connectivity index (χ0v) is 16.7. The molecule has 0 atom stereocenters. The lowest BCUT2D eigenvalue weighted by atomic mass is 10.1. The van der Waals surface area contributed by atoms with Crippen LogP contribution in [0, 0.1) is 0 Å². The second-order valence-electron chi connectivity index (χ2n) is 6.75. The molecule has 0 saturated carbocycles. The predicted octanol–water partition coefficient (Wildman–Crippen LogP) is 3.63. The molecule has 3 rings (SSSR count). The third kappa shape index (κ3) is 4.52. The number of carbonyl (C=O) groups is 2. The van der Waals surface area contributed by atoms with E-state index in [0.717, 1.165) is 19.5 Å². The van der Waals surface area contributed by atoms with E-state index in [4.69, 9.17) is 11.6 Å². The van der Waals surface area contributed by atoms with Gasteiger partial charge in [-0.25, -0.2) is 0 Å². The summed E-state index contributed by atoms with van der Waals surface area (Å²) in [5.41, 5.74) is 2.03. The number of para-hydroxylation sites is 1. The summed E-state index contributed by atoms with van der Waals surface area (Å²) in [6.07, 6.45) is 4.09. The van der Waals surface area contributed by atoms with Crippen LogP contribution in [0.15, 0.2) is 54.7 Å². The molecule has 2 N–H and O–H groups in total. The molecular weight excluding hydrogens is 376 g/mol. The molecule has 146 valence electrons. The van der Waals surface area contributed by atoms with E-state index < -0.39 is 0 Å². The van der Waals surface area contributed by atoms with Crippen LogP contribution in [0.25, 0.3) is 0 Å². The van der Waals surface area contributed by atoms with Gasteiger partial charge in [-0.1, -0.05) is 23.7 Å². The first-order valence-corrected chi connectivity index (χ1v) is 9.44. The van der Waals surface area contributed by atoms with Gasteiger partial charge in [0.05, 0.1) is 22.6 Å². The van der Waals surface area contributed by atoms with E-state index >= 15 is 0 Å². The Morgan fingerprint density at radius 2 is 2.00 bits per heavy atom. The molecule has 0 saturated heterocycles. The number of hydrogen-bond donors (Lipinski definition) is 2. The second kappa shape index (κ2) is 8.91. The topological polar surface area (TPSA) is 64.7 Å². The van der Waals surface area contributed by atoms with Gasteiger partial charge in [-0.05, 0) is 57.4 Å². The second-order valence-corrected chi connectivity index (χ2v) is 7.19. The molecule has 0 radical (unpaired) electrons. The fraction of sp³-hybridized carbons (Fsp3) is 0.238. The number of amides is 2. The monoisotopic (exact) mass is 398 g/mol. The lowest BCUT2D eigenvalue weighted by Crippen LogP contribution is -2.25. The SMILES string of the molecule is CN(C)CCCN/C=C/C(=O)N1c2ccc(Cl)cc2NC(=O)c2ccccc21. The highest BCUT2D eigenvalue weighted by Gasteiger charge is 2.28. The van der Waals surface area contributed by atoms with Crippen LogP contribution in [0.4, 0.5) is 17.1 Å². The first kappa shape index (κ1) is 19.9. The fourth-order valence-electron chi connectivity index (χ4n) is 3.01. The number of anilines is 3. The number of fused-ring (bicyclic) bond motifs is 2. The molecule has 2 amide bonds. The molecule has 0 aliphatic carbocycles. The van der Waals surface area contributed by atoms with E-state index in [1.807, 2.05) is 14.1 Å². The van der Waals surface area contributed by atoms with E-state index in [2.05, 4.69) is 15.5 Å². The molecule has 28 heavy (non-hydrogen) atoms. The Kier molecular flexibility index (Phi) is 6.34. The number of halogens is 1. The van der Waals surface area contributed by atoms with E-state index in [1.165, 1.54) is 11.0 Å². The van der Waals surface area contributed by atoms with Crippen LogP contribution >= 0.6 is 11.6 Å². The third-order valence-electron chi connectivity index (χ3n) is 4.33. The Hall–Kier alpha value is -2.83. The summed E-state index contributed by atoms with van der Waals surface area (Å²) >= 11 is 6.09. The minimum Gasteiger partial charge on any atom is -0.391 e. The minimum atomic E-state index is -0.278. The van der Waals surface area contributed by atoms with E-state index in [0.29, 0.717) is 27.6 Å². The number of carbonyl (C=O) groups excluding carboxylic acids is 2. The highest BCUT2D eigenvalue weighted by molar-refractivity contribution is 6.31. The molecule has 1 heterocycles. The van der Waals surface area contributed by atoms with Crippen molar-refractivity contribution in [1.82, 2.24) is 10.2 Å². The summed E-state index contributed by atoms with van der Waals surface area (Å²) in [5.74, 6) is -0.534. The van der Waals surface area contributed by atoms with Crippen molar-refractivity contribution >= 4 is 40.5 Å². The zero-order chi connectivity index (χ0) is 20.1. The van der Waals surface area contributed by atoms with Gasteiger partial charge in [0.25, 0.3) is 11.8 Å². The molecular formula is C21H23ClN4O2. The molecule has 1 aliphatic heterocycles. The average Bonchev–Trinajstić information content (AvgIpc) is 2.78. The summed E-state index contributed by atoms with van der Waals surface area (Å²) < 4.78 is 0. The fourth-order valence-corrected chi connectivity index (χ4v) is 3.18. The van der Waals surface area contributed by atoms with Gasteiger partial charge in [-0.15, -0.1) is 0 Å². The number of benzene rings is 2. The maximum Gasteiger partial charge on any atom is 0.257 e. The zero-order valence-electron chi connectivity index (χ0n) is 15.9. The van der Waals surface area contributed by atoms with Crippen LogP contribution in [0.5, 0.6) is 0 Å². The third-order valence-corrected chi connectivity index (χ3v) is 4.56. The molecule has 1 aliphatic rings. The average molecular weight is 399 g/mol. The van der Waals surface area contributed by atoms with E-state index in [-0.39, 0.29) is 11.8 Å². The summed E-state index contributed by atoms with van der Waals surface area (Å²) in [7, 11) is 4.05. The van der Waals surface area contributed by atoms with Crippen molar-refractivity contribution in [1.29, 1.82) is 0 Å². The smallest absolute Gasteiger partial charge is 0.257 e. The van der Waals surface area contributed by atoms with Crippen molar-refractivity contribution in [2.75, 3.05) is 37.4 Å². The first-order chi connectivity index (χ1) is 13.5. The first-order valence-electron chi connectivity index (χ1n) is 9.06. The number of nitrogens with zero attached hydrogens (tertiary/aromatic N) is 2.